The van der Waals surface area contributed by atoms with Crippen molar-refractivity contribution in [1.29, 1.82) is 0 Å². The molecule has 0 bridgehead atoms. The lowest BCUT2D eigenvalue weighted by atomic mass is 9.95. The second kappa shape index (κ2) is 10.7. The first-order valence-corrected chi connectivity index (χ1v) is 14.5. The summed E-state index contributed by atoms with van der Waals surface area (Å²) >= 11 is 0. The average Bonchev–Trinajstić information content (AvgIpc) is 2.78. The van der Waals surface area contributed by atoms with Gasteiger partial charge in [-0.25, -0.2) is 0 Å². The van der Waals surface area contributed by atoms with Gasteiger partial charge < -0.3 is 15.7 Å². The number of nitrogens with one attached hydrogen (secondary N) is 2. The van der Waals surface area contributed by atoms with Crippen LogP contribution in [0, 0.1) is 0 Å². The van der Waals surface area contributed by atoms with Gasteiger partial charge in [0.2, 0.25) is 0 Å². The molecule has 3 rings (SSSR count). The minimum absolute atomic E-state index is 0.0506. The lowest BCUT2D eigenvalue weighted by molar-refractivity contribution is -0.116. The number of ketones is 1. The summed E-state index contributed by atoms with van der Waals surface area (Å²) in [4.78, 5) is 13.6. The van der Waals surface area contributed by atoms with E-state index in [1.165, 1.54) is 18.2 Å². The largest absolute Gasteiger partial charge is 0.405 e. The highest BCUT2D eigenvalue weighted by molar-refractivity contribution is 7.02. The average molecular weight is 531 g/mol. The molecule has 0 saturated heterocycles. The molecule has 0 aromatic heterocycles. The quantitative estimate of drug-likeness (QED) is 0.238. The Bertz CT molecular complexity index is 1140. The number of hydrogen-bond acceptors (Lipinski definition) is 4. The maximum absolute atomic E-state index is 13.6. The fourth-order valence-corrected chi connectivity index (χ4v) is 7.36. The predicted octanol–water partition coefficient (Wildman–Crippen LogP) is 5.18. The van der Waals surface area contributed by atoms with E-state index < -0.39 is 33.5 Å². The summed E-state index contributed by atoms with van der Waals surface area (Å²) in [5.41, 5.74) is 1.72. The van der Waals surface area contributed by atoms with E-state index in [0.29, 0.717) is 46.3 Å². The number of hydrogen-bond donors (Lipinski definition) is 3. The molecule has 0 saturated carbocycles. The van der Waals surface area contributed by atoms with E-state index in [-0.39, 0.29) is 23.8 Å². The monoisotopic (exact) mass is 530 g/mol. The van der Waals surface area contributed by atoms with Crippen LogP contribution in [0.3, 0.4) is 0 Å². The van der Waals surface area contributed by atoms with Gasteiger partial charge in [0.1, 0.15) is 21.2 Å². The highest BCUT2D eigenvalue weighted by atomic mass is 28.3. The molecule has 3 N–H and O–H groups in total. The maximum Gasteiger partial charge on any atom is 0.405 e. The van der Waals surface area contributed by atoms with Crippen molar-refractivity contribution in [2.45, 2.75) is 44.7 Å². The zero-order valence-corrected chi connectivity index (χ0v) is 20.9. The number of unbranched alkanes of at least 4 members (excludes halogenated alkanes) is 2. The topological polar surface area (TPSA) is 61.4 Å². The molecule has 0 radical (unpaired) electrons. The van der Waals surface area contributed by atoms with Crippen LogP contribution in [0.2, 0.25) is 13.1 Å². The maximum atomic E-state index is 13.6. The van der Waals surface area contributed by atoms with Gasteiger partial charge in [-0.2, -0.15) is 26.3 Å². The number of fused-ring (bicyclic) bond motifs is 2. The first kappa shape index (κ1) is 27.8. The molecule has 0 aliphatic carbocycles. The Morgan fingerprint density at radius 1 is 0.889 bits per heavy atom. The third-order valence-corrected chi connectivity index (χ3v) is 9.57. The Morgan fingerprint density at radius 3 is 2.11 bits per heavy atom. The molecule has 0 spiro atoms. The van der Waals surface area contributed by atoms with Crippen LogP contribution in [-0.4, -0.2) is 51.0 Å². The number of benzene rings is 2. The number of aliphatic hydroxyl groups is 1. The van der Waals surface area contributed by atoms with Crippen molar-refractivity contribution in [1.82, 2.24) is 0 Å². The molecule has 36 heavy (non-hydrogen) atoms. The van der Waals surface area contributed by atoms with Crippen LogP contribution in [0.25, 0.3) is 6.08 Å². The normalized spacial score (nSPS) is 15.1. The number of carbonyl (C=O) groups excluding carboxylic acids is 1. The molecule has 0 fully saturated rings. The van der Waals surface area contributed by atoms with Crippen molar-refractivity contribution < 1.29 is 36.2 Å². The Morgan fingerprint density at radius 2 is 1.50 bits per heavy atom. The highest BCUT2D eigenvalue weighted by Crippen LogP contribution is 2.29. The number of anilines is 2. The second-order valence-corrected chi connectivity index (χ2v) is 13.6. The molecule has 196 valence electrons. The fourth-order valence-electron chi connectivity index (χ4n) is 4.28. The zero-order chi connectivity index (χ0) is 26.7. The summed E-state index contributed by atoms with van der Waals surface area (Å²) in [5.74, 6) is -0.313. The van der Waals surface area contributed by atoms with Crippen molar-refractivity contribution in [3.05, 3.63) is 53.1 Å². The van der Waals surface area contributed by atoms with Crippen LogP contribution in [-0.2, 0) is 0 Å². The van der Waals surface area contributed by atoms with Crippen LogP contribution in [0.1, 0.15) is 40.7 Å². The summed E-state index contributed by atoms with van der Waals surface area (Å²) in [6.07, 6.45) is -3.39. The highest BCUT2D eigenvalue weighted by Gasteiger charge is 2.40. The van der Waals surface area contributed by atoms with E-state index in [1.54, 1.807) is 18.2 Å². The Labute approximate surface area is 206 Å². The lowest BCUT2D eigenvalue weighted by Gasteiger charge is -2.34. The van der Waals surface area contributed by atoms with E-state index in [0.717, 1.165) is 0 Å². The van der Waals surface area contributed by atoms with E-state index in [9.17, 15) is 31.1 Å². The molecule has 1 aliphatic heterocycles. The molecule has 2 aromatic carbocycles. The number of allylic oxidation sites excluding steroid dienone is 1. The molecule has 4 nitrogen and oxygen atoms in total. The van der Waals surface area contributed by atoms with Gasteiger partial charge in [-0.3, -0.25) is 4.79 Å². The van der Waals surface area contributed by atoms with Gasteiger partial charge in [0.15, 0.2) is 5.78 Å². The molecular formula is C25H28F6N2O2Si. The van der Waals surface area contributed by atoms with E-state index in [4.69, 9.17) is 5.11 Å². The first-order valence-electron chi connectivity index (χ1n) is 11.5. The molecule has 2 aromatic rings. The van der Waals surface area contributed by atoms with Crippen molar-refractivity contribution in [2.75, 3.05) is 30.3 Å². The molecule has 0 atom stereocenters. The van der Waals surface area contributed by atoms with E-state index >= 15 is 0 Å². The molecule has 0 unspecified atom stereocenters. The number of rotatable bonds is 9. The summed E-state index contributed by atoms with van der Waals surface area (Å²) in [6.45, 7) is 1.42. The molecule has 0 amide bonds. The van der Waals surface area contributed by atoms with Gasteiger partial charge in [-0.05, 0) is 65.5 Å². The van der Waals surface area contributed by atoms with E-state index in [2.05, 4.69) is 10.6 Å². The Balaban J connectivity index is 2.07. The van der Waals surface area contributed by atoms with Crippen molar-refractivity contribution >= 4 is 41.7 Å². The van der Waals surface area contributed by atoms with Gasteiger partial charge in [0.25, 0.3) is 0 Å². The van der Waals surface area contributed by atoms with Crippen molar-refractivity contribution in [3.63, 3.8) is 0 Å². The first-order chi connectivity index (χ1) is 16.7. The van der Waals surface area contributed by atoms with Crippen molar-refractivity contribution in [2.24, 2.45) is 0 Å². The van der Waals surface area contributed by atoms with Gasteiger partial charge in [0.05, 0.1) is 0 Å². The molecule has 1 heterocycles. The lowest BCUT2D eigenvalue weighted by Crippen LogP contribution is -2.60. The number of carbonyl (C=O) groups is 1. The predicted molar refractivity (Wildman–Crippen MR) is 132 cm³/mol. The molecule has 1 aliphatic rings. The van der Waals surface area contributed by atoms with Crippen LogP contribution in [0.15, 0.2) is 36.4 Å². The number of halogens is 6. The zero-order valence-electron chi connectivity index (χ0n) is 19.9. The van der Waals surface area contributed by atoms with Gasteiger partial charge in [-0.15, -0.1) is 0 Å². The summed E-state index contributed by atoms with van der Waals surface area (Å²) in [5, 5.41) is 14.9. The third-order valence-electron chi connectivity index (χ3n) is 6.07. The van der Waals surface area contributed by atoms with E-state index in [1.807, 2.05) is 19.2 Å². The SMILES string of the molecule is C[Si]1(C)c2cc(NCC(F)(F)F)ccc2C(=O)c2c(/C=C/CCCCO)cc(NCC(F)(F)F)cc21. The van der Waals surface area contributed by atoms with Gasteiger partial charge >= 0.3 is 12.4 Å². The van der Waals surface area contributed by atoms with Crippen LogP contribution in [0.4, 0.5) is 37.7 Å². The van der Waals surface area contributed by atoms with Gasteiger partial charge in [0, 0.05) is 29.1 Å². The third kappa shape index (κ3) is 6.70. The molecular weight excluding hydrogens is 502 g/mol. The smallest absolute Gasteiger partial charge is 0.396 e. The van der Waals surface area contributed by atoms with Crippen molar-refractivity contribution in [3.8, 4) is 0 Å². The molecule has 11 heteroatoms. The summed E-state index contributed by atoms with van der Waals surface area (Å²) < 4.78 is 76.7. The van der Waals surface area contributed by atoms with Crippen LogP contribution >= 0.6 is 0 Å². The second-order valence-electron chi connectivity index (χ2n) is 9.26. The summed E-state index contributed by atoms with van der Waals surface area (Å²) in [7, 11) is -2.71. The number of aliphatic hydroxyl groups excluding tert-OH is 1. The van der Waals surface area contributed by atoms with Crippen LogP contribution < -0.4 is 21.0 Å². The minimum Gasteiger partial charge on any atom is -0.396 e. The Hall–Kier alpha value is -2.79. The van der Waals surface area contributed by atoms with Crippen LogP contribution in [0.5, 0.6) is 0 Å². The fraction of sp³-hybridized carbons (Fsp3) is 0.400. The summed E-state index contributed by atoms with van der Waals surface area (Å²) in [6, 6.07) is 7.57. The minimum atomic E-state index is -4.44. The van der Waals surface area contributed by atoms with Gasteiger partial charge in [-0.1, -0.05) is 25.2 Å². The Kier molecular flexibility index (Phi) is 8.24. The standard InChI is InChI=1S/C25H28F6N2O2Si/c1-36(2)20-12-17(32-14-24(26,27)28)8-9-19(20)23(35)22-16(7-5-3-4-6-10-34)11-18(13-21(22)36)33-15-25(29,30)31/h5,7-9,11-13,32-34H,3-4,6,10,14-15H2,1-2H3/b7-5+. The number of alkyl halides is 6.